The zero-order chi connectivity index (χ0) is 15.8. The van der Waals surface area contributed by atoms with Crippen molar-refractivity contribution in [3.63, 3.8) is 0 Å². The third-order valence-electron chi connectivity index (χ3n) is 3.05. The second-order valence-electron chi connectivity index (χ2n) is 5.36. The van der Waals surface area contributed by atoms with Gasteiger partial charge >= 0.3 is 0 Å². The van der Waals surface area contributed by atoms with Gasteiger partial charge in [-0.15, -0.1) is 0 Å². The maximum atomic E-state index is 13.1. The molecule has 3 N–H and O–H groups in total. The Kier molecular flexibility index (Phi) is 7.11. The van der Waals surface area contributed by atoms with Gasteiger partial charge in [-0.2, -0.15) is 0 Å². The van der Waals surface area contributed by atoms with E-state index in [1.54, 1.807) is 0 Å². The molecule has 0 aliphatic rings. The van der Waals surface area contributed by atoms with Gasteiger partial charge in [0.1, 0.15) is 5.82 Å². The summed E-state index contributed by atoms with van der Waals surface area (Å²) in [4.78, 5) is 16.2. The monoisotopic (exact) mass is 296 g/mol. The molecule has 0 saturated carbocycles. The smallest absolute Gasteiger partial charge is 0.238 e. The summed E-state index contributed by atoms with van der Waals surface area (Å²) >= 11 is 0. The van der Waals surface area contributed by atoms with Gasteiger partial charge in [0.25, 0.3) is 0 Å². The topological polar surface area (TPSA) is 61.6 Å². The van der Waals surface area contributed by atoms with Crippen LogP contribution in [0, 0.1) is 5.82 Å². The fourth-order valence-electron chi connectivity index (χ4n) is 1.95. The van der Waals surface area contributed by atoms with Gasteiger partial charge in [0.05, 0.1) is 12.2 Å². The second kappa shape index (κ2) is 8.59. The molecule has 6 heteroatoms. The number of hydrogen-bond donors (Lipinski definition) is 2. The number of nitrogens with one attached hydrogen (secondary N) is 1. The number of halogens is 1. The number of likely N-dealkylation sites (N-methyl/N-ethyl adjacent to an activating group) is 1. The Labute approximate surface area is 125 Å². The van der Waals surface area contributed by atoms with Crippen molar-refractivity contribution in [3.05, 3.63) is 24.0 Å². The van der Waals surface area contributed by atoms with E-state index in [9.17, 15) is 9.18 Å². The van der Waals surface area contributed by atoms with Crippen molar-refractivity contribution >= 4 is 17.3 Å². The number of hydrogen-bond acceptors (Lipinski definition) is 4. The van der Waals surface area contributed by atoms with Crippen molar-refractivity contribution in [2.45, 2.75) is 13.3 Å². The van der Waals surface area contributed by atoms with Crippen LogP contribution >= 0.6 is 0 Å². The van der Waals surface area contributed by atoms with Gasteiger partial charge in [-0.05, 0) is 45.3 Å². The predicted molar refractivity (Wildman–Crippen MR) is 84.7 cm³/mol. The van der Waals surface area contributed by atoms with Gasteiger partial charge in [0, 0.05) is 18.8 Å². The maximum Gasteiger partial charge on any atom is 0.238 e. The SMILES string of the molecule is CCCN(CCN(C)C)CC(=O)Nc1ccc(F)c(N)c1. The quantitative estimate of drug-likeness (QED) is 0.716. The number of carbonyl (C=O) groups is 1. The molecule has 0 radical (unpaired) electrons. The fraction of sp³-hybridized carbons (Fsp3) is 0.533. The van der Waals surface area contributed by atoms with E-state index in [1.807, 2.05) is 14.1 Å². The maximum absolute atomic E-state index is 13.1. The molecule has 1 rings (SSSR count). The van der Waals surface area contributed by atoms with Crippen LogP contribution in [0.25, 0.3) is 0 Å². The first-order chi connectivity index (χ1) is 9.92. The number of carbonyl (C=O) groups excluding carboxylic acids is 1. The highest BCUT2D eigenvalue weighted by Gasteiger charge is 2.11. The molecule has 118 valence electrons. The number of benzene rings is 1. The summed E-state index contributed by atoms with van der Waals surface area (Å²) in [5, 5.41) is 2.75. The van der Waals surface area contributed by atoms with Crippen LogP contribution in [0.15, 0.2) is 18.2 Å². The second-order valence-corrected chi connectivity index (χ2v) is 5.36. The minimum atomic E-state index is -0.480. The van der Waals surface area contributed by atoms with Gasteiger partial charge in [-0.3, -0.25) is 9.69 Å². The number of nitrogens with zero attached hydrogens (tertiary/aromatic N) is 2. The van der Waals surface area contributed by atoms with Crippen molar-refractivity contribution in [1.29, 1.82) is 0 Å². The molecule has 0 heterocycles. The summed E-state index contributed by atoms with van der Waals surface area (Å²) in [6, 6.07) is 4.19. The van der Waals surface area contributed by atoms with Crippen LogP contribution in [0.3, 0.4) is 0 Å². The molecule has 5 nitrogen and oxygen atoms in total. The molecule has 1 amide bonds. The molecule has 0 saturated heterocycles. The predicted octanol–water partition coefficient (Wildman–Crippen LogP) is 1.62. The van der Waals surface area contributed by atoms with Crippen LogP contribution in [-0.2, 0) is 4.79 Å². The lowest BCUT2D eigenvalue weighted by Crippen LogP contribution is -2.38. The van der Waals surface area contributed by atoms with Crippen LogP contribution in [0.1, 0.15) is 13.3 Å². The van der Waals surface area contributed by atoms with E-state index in [1.165, 1.54) is 18.2 Å². The normalized spacial score (nSPS) is 11.1. The van der Waals surface area contributed by atoms with Gasteiger partial charge in [-0.25, -0.2) is 4.39 Å². The van der Waals surface area contributed by atoms with Crippen LogP contribution in [0.2, 0.25) is 0 Å². The first kappa shape index (κ1) is 17.4. The van der Waals surface area contributed by atoms with Gasteiger partial charge < -0.3 is 16.0 Å². The Morgan fingerprint density at radius 1 is 1.29 bits per heavy atom. The minimum absolute atomic E-state index is 0.0332. The molecule has 0 aliphatic carbocycles. The Hall–Kier alpha value is -1.66. The van der Waals surface area contributed by atoms with E-state index in [0.717, 1.165) is 26.1 Å². The Morgan fingerprint density at radius 2 is 2.00 bits per heavy atom. The molecule has 0 fully saturated rings. The van der Waals surface area contributed by atoms with Gasteiger partial charge in [0.2, 0.25) is 5.91 Å². The molecule has 21 heavy (non-hydrogen) atoms. The Morgan fingerprint density at radius 3 is 2.57 bits per heavy atom. The van der Waals surface area contributed by atoms with E-state index in [2.05, 4.69) is 22.0 Å². The number of nitrogen functional groups attached to an aromatic ring is 1. The van der Waals surface area contributed by atoms with Crippen LogP contribution < -0.4 is 11.1 Å². The Balaban J connectivity index is 2.54. The minimum Gasteiger partial charge on any atom is -0.396 e. The molecular weight excluding hydrogens is 271 g/mol. The van der Waals surface area contributed by atoms with E-state index < -0.39 is 5.82 Å². The lowest BCUT2D eigenvalue weighted by molar-refractivity contribution is -0.117. The van der Waals surface area contributed by atoms with Crippen molar-refractivity contribution in [2.24, 2.45) is 0 Å². The summed E-state index contributed by atoms with van der Waals surface area (Å²) in [6.07, 6.45) is 0.990. The Bertz CT molecular complexity index is 465. The average Bonchev–Trinajstić information content (AvgIpc) is 2.40. The molecule has 0 spiro atoms. The number of rotatable bonds is 8. The third-order valence-corrected chi connectivity index (χ3v) is 3.05. The molecule has 1 aromatic carbocycles. The molecule has 0 unspecified atom stereocenters. The van der Waals surface area contributed by atoms with E-state index in [0.29, 0.717) is 12.2 Å². The first-order valence-corrected chi connectivity index (χ1v) is 7.14. The standard InChI is InChI=1S/C15H25FN4O/c1-4-7-20(9-8-19(2)3)11-15(21)18-12-5-6-13(16)14(17)10-12/h5-6,10H,4,7-9,11,17H2,1-3H3,(H,18,21). The number of anilines is 2. The fourth-order valence-corrected chi connectivity index (χ4v) is 1.95. The molecule has 0 aliphatic heterocycles. The highest BCUT2D eigenvalue weighted by atomic mass is 19.1. The van der Waals surface area contributed by atoms with Crippen LogP contribution in [-0.4, -0.2) is 56.0 Å². The van der Waals surface area contributed by atoms with Crippen LogP contribution in [0.4, 0.5) is 15.8 Å². The highest BCUT2D eigenvalue weighted by molar-refractivity contribution is 5.92. The molecule has 0 atom stereocenters. The van der Waals surface area contributed by atoms with E-state index in [-0.39, 0.29) is 11.6 Å². The number of nitrogens with two attached hydrogens (primary N) is 1. The summed E-state index contributed by atoms with van der Waals surface area (Å²) in [5.74, 6) is -0.597. The van der Waals surface area contributed by atoms with Gasteiger partial charge in [0.15, 0.2) is 0 Å². The summed E-state index contributed by atoms with van der Waals surface area (Å²) in [6.45, 7) is 5.00. The lowest BCUT2D eigenvalue weighted by atomic mass is 10.2. The summed E-state index contributed by atoms with van der Waals surface area (Å²) in [7, 11) is 4.01. The van der Waals surface area contributed by atoms with Gasteiger partial charge in [-0.1, -0.05) is 6.92 Å². The van der Waals surface area contributed by atoms with E-state index >= 15 is 0 Å². The van der Waals surface area contributed by atoms with Crippen LogP contribution in [0.5, 0.6) is 0 Å². The highest BCUT2D eigenvalue weighted by Crippen LogP contribution is 2.16. The molecule has 0 aromatic heterocycles. The molecular formula is C15H25FN4O. The summed E-state index contributed by atoms with van der Waals surface area (Å²) in [5.41, 5.74) is 6.03. The summed E-state index contributed by atoms with van der Waals surface area (Å²) < 4.78 is 13.1. The van der Waals surface area contributed by atoms with Crippen molar-refractivity contribution in [3.8, 4) is 0 Å². The molecule has 0 bridgehead atoms. The largest absolute Gasteiger partial charge is 0.396 e. The number of amides is 1. The zero-order valence-electron chi connectivity index (χ0n) is 13.0. The zero-order valence-corrected chi connectivity index (χ0v) is 13.0. The third kappa shape index (κ3) is 6.55. The van der Waals surface area contributed by atoms with Crippen molar-refractivity contribution < 1.29 is 9.18 Å². The first-order valence-electron chi connectivity index (χ1n) is 7.14. The van der Waals surface area contributed by atoms with Crippen molar-refractivity contribution in [1.82, 2.24) is 9.80 Å². The lowest BCUT2D eigenvalue weighted by Gasteiger charge is -2.23. The van der Waals surface area contributed by atoms with E-state index in [4.69, 9.17) is 5.73 Å². The van der Waals surface area contributed by atoms with Crippen molar-refractivity contribution in [2.75, 3.05) is 51.3 Å². The molecule has 1 aromatic rings. The average molecular weight is 296 g/mol.